The predicted octanol–water partition coefficient (Wildman–Crippen LogP) is 4.50. The highest BCUT2D eigenvalue weighted by atomic mass is 32.2. The van der Waals surface area contributed by atoms with Crippen LogP contribution in [0.2, 0.25) is 0 Å². The molecular formula is C24H29N5O2S2. The molecule has 3 heterocycles. The zero-order valence-corrected chi connectivity index (χ0v) is 21.0. The van der Waals surface area contributed by atoms with Crippen LogP contribution >= 0.6 is 12.2 Å². The first-order valence-electron chi connectivity index (χ1n) is 10.7. The first-order chi connectivity index (χ1) is 15.4. The van der Waals surface area contributed by atoms with E-state index in [0.29, 0.717) is 10.8 Å². The number of aromatic nitrogens is 2. The molecule has 3 aromatic rings. The van der Waals surface area contributed by atoms with Gasteiger partial charge in [0.1, 0.15) is 0 Å². The molecule has 0 bridgehead atoms. The Kier molecular flexibility index (Phi) is 5.96. The van der Waals surface area contributed by atoms with Crippen molar-refractivity contribution in [2.45, 2.75) is 45.3 Å². The summed E-state index contributed by atoms with van der Waals surface area (Å²) in [6, 6.07) is 13.4. The van der Waals surface area contributed by atoms with E-state index < -0.39 is 10.0 Å². The van der Waals surface area contributed by atoms with Gasteiger partial charge in [0, 0.05) is 29.8 Å². The monoisotopic (exact) mass is 483 g/mol. The lowest BCUT2D eigenvalue weighted by atomic mass is 9.98. The van der Waals surface area contributed by atoms with Crippen molar-refractivity contribution in [3.63, 3.8) is 0 Å². The molecule has 2 N–H and O–H groups in total. The Labute approximate surface area is 200 Å². The number of nitrogens with one attached hydrogen (secondary N) is 2. The van der Waals surface area contributed by atoms with Crippen molar-refractivity contribution in [1.29, 1.82) is 0 Å². The molecule has 33 heavy (non-hydrogen) atoms. The van der Waals surface area contributed by atoms with Gasteiger partial charge in [0.15, 0.2) is 5.11 Å². The summed E-state index contributed by atoms with van der Waals surface area (Å²) in [6.07, 6.45) is 7.19. The first-order valence-corrected chi connectivity index (χ1v) is 13.0. The fourth-order valence-corrected chi connectivity index (χ4v) is 5.06. The third-order valence-electron chi connectivity index (χ3n) is 5.71. The predicted molar refractivity (Wildman–Crippen MR) is 137 cm³/mol. The highest BCUT2D eigenvalue weighted by Crippen LogP contribution is 2.42. The number of thiocarbonyl (C=S) groups is 1. The molecule has 1 saturated heterocycles. The molecule has 2 aromatic heterocycles. The van der Waals surface area contributed by atoms with Gasteiger partial charge in [-0.1, -0.05) is 6.07 Å². The molecule has 0 unspecified atom stereocenters. The van der Waals surface area contributed by atoms with Crippen LogP contribution in [0.5, 0.6) is 0 Å². The van der Waals surface area contributed by atoms with Crippen LogP contribution < -0.4 is 14.9 Å². The molecule has 1 aliphatic rings. The second kappa shape index (κ2) is 8.46. The van der Waals surface area contributed by atoms with Gasteiger partial charge in [-0.05, 0) is 87.4 Å². The summed E-state index contributed by atoms with van der Waals surface area (Å²) in [4.78, 5) is 6.69. The smallest absolute Gasteiger partial charge is 0.229 e. The second-order valence-corrected chi connectivity index (χ2v) is 11.5. The summed E-state index contributed by atoms with van der Waals surface area (Å²) < 4.78 is 28.2. The molecule has 2 atom stereocenters. The Bertz CT molecular complexity index is 1280. The van der Waals surface area contributed by atoms with Crippen molar-refractivity contribution < 1.29 is 8.42 Å². The Hall–Kier alpha value is -2.91. The number of sulfonamides is 1. The van der Waals surface area contributed by atoms with E-state index in [1.54, 1.807) is 12.3 Å². The number of anilines is 2. The van der Waals surface area contributed by atoms with E-state index in [-0.39, 0.29) is 17.6 Å². The summed E-state index contributed by atoms with van der Waals surface area (Å²) in [5.41, 5.74) is 4.22. The van der Waals surface area contributed by atoms with Gasteiger partial charge >= 0.3 is 0 Å². The second-order valence-electron chi connectivity index (χ2n) is 9.39. The number of nitrogens with zero attached hydrogens (tertiary/aromatic N) is 3. The van der Waals surface area contributed by atoms with Crippen LogP contribution in [0.15, 0.2) is 61.1 Å². The fraction of sp³-hybridized carbons (Fsp3) is 0.333. The zero-order chi connectivity index (χ0) is 24.0. The standard InChI is InChI=1S/C24H29N5O2S2/c1-16-14-18(9-10-19(16)27-33(5,30)31)29-22(17-11-13-28(15-17)24(2,3)4)21(26-23(29)32)20-8-6-7-12-25-20/h6-15,21-22,27H,1-5H3,(H,26,32)/t21-,22-/m1/s1. The van der Waals surface area contributed by atoms with E-state index >= 15 is 0 Å². The first kappa shape index (κ1) is 23.3. The van der Waals surface area contributed by atoms with Crippen LogP contribution in [0.4, 0.5) is 11.4 Å². The fourth-order valence-electron chi connectivity index (χ4n) is 4.09. The van der Waals surface area contributed by atoms with E-state index in [2.05, 4.69) is 63.7 Å². The molecule has 1 aromatic carbocycles. The van der Waals surface area contributed by atoms with Gasteiger partial charge in [-0.25, -0.2) is 8.42 Å². The Balaban J connectivity index is 1.79. The molecule has 174 valence electrons. The average Bonchev–Trinajstić information content (AvgIpc) is 3.34. The van der Waals surface area contributed by atoms with Crippen LogP contribution in [0, 0.1) is 6.92 Å². The largest absolute Gasteiger partial charge is 0.351 e. The van der Waals surface area contributed by atoms with Gasteiger partial charge in [-0.15, -0.1) is 0 Å². The summed E-state index contributed by atoms with van der Waals surface area (Å²) in [6.45, 7) is 8.38. The third kappa shape index (κ3) is 4.89. The maximum Gasteiger partial charge on any atom is 0.229 e. The van der Waals surface area contributed by atoms with Crippen molar-refractivity contribution in [3.05, 3.63) is 77.9 Å². The molecule has 4 rings (SSSR count). The van der Waals surface area contributed by atoms with Gasteiger partial charge < -0.3 is 14.8 Å². The van der Waals surface area contributed by atoms with E-state index in [4.69, 9.17) is 12.2 Å². The third-order valence-corrected chi connectivity index (χ3v) is 6.62. The molecule has 1 fully saturated rings. The number of rotatable bonds is 5. The minimum absolute atomic E-state index is 0.0499. The average molecular weight is 484 g/mol. The normalized spacial score (nSPS) is 18.9. The number of benzene rings is 1. The van der Waals surface area contributed by atoms with Crippen molar-refractivity contribution in [2.75, 3.05) is 15.9 Å². The van der Waals surface area contributed by atoms with Crippen molar-refractivity contribution in [3.8, 4) is 0 Å². The van der Waals surface area contributed by atoms with Gasteiger partial charge in [0.05, 0.1) is 29.7 Å². The molecule has 1 aliphatic heterocycles. The Morgan fingerprint density at radius 1 is 1.15 bits per heavy atom. The molecule has 0 aliphatic carbocycles. The topological polar surface area (TPSA) is 79.3 Å². The van der Waals surface area contributed by atoms with Crippen molar-refractivity contribution in [2.24, 2.45) is 0 Å². The van der Waals surface area contributed by atoms with Crippen LogP contribution in [0.1, 0.15) is 49.7 Å². The lowest BCUT2D eigenvalue weighted by Crippen LogP contribution is -2.29. The van der Waals surface area contributed by atoms with Crippen LogP contribution in [-0.4, -0.2) is 29.3 Å². The molecule has 9 heteroatoms. The molecule has 0 amide bonds. The highest BCUT2D eigenvalue weighted by molar-refractivity contribution is 7.92. The van der Waals surface area contributed by atoms with Crippen molar-refractivity contribution in [1.82, 2.24) is 14.9 Å². The lowest BCUT2D eigenvalue weighted by molar-refractivity contribution is 0.397. The van der Waals surface area contributed by atoms with Gasteiger partial charge in [0.25, 0.3) is 0 Å². The summed E-state index contributed by atoms with van der Waals surface area (Å²) >= 11 is 5.79. The van der Waals surface area contributed by atoms with E-state index in [9.17, 15) is 8.42 Å². The zero-order valence-electron chi connectivity index (χ0n) is 19.4. The number of hydrogen-bond donors (Lipinski definition) is 2. The summed E-state index contributed by atoms with van der Waals surface area (Å²) in [5.74, 6) is 0. The maximum atomic E-state index is 11.7. The quantitative estimate of drug-likeness (QED) is 0.521. The Morgan fingerprint density at radius 2 is 1.91 bits per heavy atom. The number of hydrogen-bond acceptors (Lipinski definition) is 4. The summed E-state index contributed by atoms with van der Waals surface area (Å²) in [7, 11) is -3.36. The van der Waals surface area contributed by atoms with Crippen LogP contribution in [-0.2, 0) is 15.6 Å². The van der Waals surface area contributed by atoms with E-state index in [1.807, 2.05) is 37.3 Å². The van der Waals surface area contributed by atoms with E-state index in [0.717, 1.165) is 28.8 Å². The number of pyridine rings is 1. The molecule has 0 saturated carbocycles. The van der Waals surface area contributed by atoms with Crippen LogP contribution in [0.25, 0.3) is 0 Å². The SMILES string of the molecule is Cc1cc(N2C(=S)N[C@H](c3ccccn3)[C@H]2c2ccn(C(C)(C)C)c2)ccc1NS(C)(=O)=O. The van der Waals surface area contributed by atoms with E-state index in [1.165, 1.54) is 0 Å². The highest BCUT2D eigenvalue weighted by Gasteiger charge is 2.41. The minimum atomic E-state index is -3.36. The molecule has 0 radical (unpaired) electrons. The lowest BCUT2D eigenvalue weighted by Gasteiger charge is -2.28. The molecule has 7 nitrogen and oxygen atoms in total. The molecule has 0 spiro atoms. The van der Waals surface area contributed by atoms with Gasteiger partial charge in [-0.3, -0.25) is 9.71 Å². The maximum absolute atomic E-state index is 11.7. The number of aryl methyl sites for hydroxylation is 1. The summed E-state index contributed by atoms with van der Waals surface area (Å²) in [5, 5.41) is 4.06. The Morgan fingerprint density at radius 3 is 2.48 bits per heavy atom. The van der Waals surface area contributed by atoms with Gasteiger partial charge in [0.2, 0.25) is 10.0 Å². The minimum Gasteiger partial charge on any atom is -0.351 e. The van der Waals surface area contributed by atoms with Crippen molar-refractivity contribution >= 4 is 38.7 Å². The van der Waals surface area contributed by atoms with Crippen LogP contribution in [0.3, 0.4) is 0 Å². The molecular weight excluding hydrogens is 454 g/mol. The van der Waals surface area contributed by atoms with Gasteiger partial charge in [-0.2, -0.15) is 0 Å².